The Balaban J connectivity index is 2.86. The Labute approximate surface area is 103 Å². The second-order valence-corrected chi connectivity index (χ2v) is 5.35. The normalized spacial score (nSPS) is 10.8. The van der Waals surface area contributed by atoms with Gasteiger partial charge in [-0.3, -0.25) is 4.79 Å². The molecule has 0 aliphatic heterocycles. The zero-order chi connectivity index (χ0) is 13.1. The highest BCUT2D eigenvalue weighted by Crippen LogP contribution is 2.22. The summed E-state index contributed by atoms with van der Waals surface area (Å²) in [6.45, 7) is 6.10. The van der Waals surface area contributed by atoms with Gasteiger partial charge in [0.15, 0.2) is 0 Å². The molecule has 0 aliphatic rings. The van der Waals surface area contributed by atoms with Gasteiger partial charge in [-0.2, -0.15) is 5.26 Å². The van der Waals surface area contributed by atoms with Gasteiger partial charge in [-0.15, -0.1) is 0 Å². The lowest BCUT2D eigenvalue weighted by Gasteiger charge is -2.23. The molecule has 1 aromatic rings. The molecule has 1 aromatic carbocycles. The van der Waals surface area contributed by atoms with Crippen molar-refractivity contribution in [1.82, 2.24) is 0 Å². The first-order valence-corrected chi connectivity index (χ1v) is 5.60. The summed E-state index contributed by atoms with van der Waals surface area (Å²) < 4.78 is 0. The van der Waals surface area contributed by atoms with E-state index in [4.69, 9.17) is 5.26 Å². The van der Waals surface area contributed by atoms with Gasteiger partial charge in [-0.1, -0.05) is 26.8 Å². The van der Waals surface area contributed by atoms with Gasteiger partial charge in [0.25, 0.3) is 0 Å². The van der Waals surface area contributed by atoms with Crippen LogP contribution in [-0.2, 0) is 4.79 Å². The second-order valence-electron chi connectivity index (χ2n) is 5.35. The van der Waals surface area contributed by atoms with Crippen molar-refractivity contribution in [3.05, 3.63) is 29.8 Å². The van der Waals surface area contributed by atoms with Crippen LogP contribution in [0.5, 0.6) is 0 Å². The van der Waals surface area contributed by atoms with Crippen molar-refractivity contribution in [2.75, 3.05) is 11.9 Å². The second kappa shape index (κ2) is 5.01. The van der Waals surface area contributed by atoms with Crippen molar-refractivity contribution >= 4 is 11.6 Å². The number of hydrogen-bond donors (Lipinski definition) is 0. The van der Waals surface area contributed by atoms with E-state index < -0.39 is 0 Å². The molecule has 0 saturated carbocycles. The number of rotatable bonds is 2. The number of anilines is 1. The predicted molar refractivity (Wildman–Crippen MR) is 68.6 cm³/mol. The monoisotopic (exact) mass is 230 g/mol. The maximum atomic E-state index is 12.0. The van der Waals surface area contributed by atoms with Crippen molar-refractivity contribution in [1.29, 1.82) is 5.26 Å². The highest BCUT2D eigenvalue weighted by Gasteiger charge is 2.19. The molecular formula is C14H18N2O. The minimum atomic E-state index is -0.0296. The van der Waals surface area contributed by atoms with Crippen LogP contribution in [0.15, 0.2) is 24.3 Å². The van der Waals surface area contributed by atoms with Crippen molar-refractivity contribution in [3.8, 4) is 6.07 Å². The summed E-state index contributed by atoms with van der Waals surface area (Å²) in [6.07, 6.45) is 0.486. The molecule has 0 aliphatic carbocycles. The zero-order valence-corrected chi connectivity index (χ0v) is 10.8. The van der Waals surface area contributed by atoms with Gasteiger partial charge in [-0.25, -0.2) is 0 Å². The molecule has 0 heterocycles. The van der Waals surface area contributed by atoms with Gasteiger partial charge in [-0.05, 0) is 23.6 Å². The zero-order valence-electron chi connectivity index (χ0n) is 10.8. The molecule has 0 radical (unpaired) electrons. The summed E-state index contributed by atoms with van der Waals surface area (Å²) in [5, 5.41) is 8.82. The molecule has 0 atom stereocenters. The van der Waals surface area contributed by atoms with Crippen LogP contribution < -0.4 is 4.90 Å². The van der Waals surface area contributed by atoms with E-state index in [-0.39, 0.29) is 11.3 Å². The lowest BCUT2D eigenvalue weighted by Crippen LogP contribution is -2.29. The lowest BCUT2D eigenvalue weighted by molar-refractivity contribution is -0.120. The highest BCUT2D eigenvalue weighted by molar-refractivity contribution is 5.93. The summed E-state index contributed by atoms with van der Waals surface area (Å²) in [6, 6.07) is 9.14. The van der Waals surface area contributed by atoms with Gasteiger partial charge >= 0.3 is 0 Å². The Hall–Kier alpha value is -1.82. The molecule has 0 saturated heterocycles. The van der Waals surface area contributed by atoms with Crippen molar-refractivity contribution in [2.45, 2.75) is 27.2 Å². The maximum absolute atomic E-state index is 12.0. The number of carbonyl (C=O) groups is 1. The first-order valence-electron chi connectivity index (χ1n) is 5.60. The summed E-state index contributed by atoms with van der Waals surface area (Å²) in [4.78, 5) is 13.6. The van der Waals surface area contributed by atoms with Gasteiger partial charge < -0.3 is 4.90 Å². The average molecular weight is 230 g/mol. The Kier molecular flexibility index (Phi) is 3.90. The predicted octanol–water partition coefficient (Wildman–Crippen LogP) is 2.96. The van der Waals surface area contributed by atoms with Crippen LogP contribution >= 0.6 is 0 Å². The van der Waals surface area contributed by atoms with Crippen LogP contribution in [0.25, 0.3) is 0 Å². The third kappa shape index (κ3) is 3.92. The third-order valence-electron chi connectivity index (χ3n) is 2.42. The van der Waals surface area contributed by atoms with Gasteiger partial charge in [0, 0.05) is 19.2 Å². The minimum Gasteiger partial charge on any atom is -0.315 e. The van der Waals surface area contributed by atoms with Gasteiger partial charge in [0.05, 0.1) is 11.6 Å². The smallest absolute Gasteiger partial charge is 0.227 e. The number of carbonyl (C=O) groups excluding carboxylic acids is 1. The molecule has 0 aromatic heterocycles. The fraction of sp³-hybridized carbons (Fsp3) is 0.429. The average Bonchev–Trinajstić information content (AvgIpc) is 2.26. The molecular weight excluding hydrogens is 212 g/mol. The molecule has 90 valence electrons. The van der Waals surface area contributed by atoms with Crippen LogP contribution in [-0.4, -0.2) is 13.0 Å². The Bertz CT molecular complexity index is 452. The molecule has 0 N–H and O–H groups in total. The largest absolute Gasteiger partial charge is 0.315 e. The van der Waals surface area contributed by atoms with E-state index in [1.807, 2.05) is 26.8 Å². The van der Waals surface area contributed by atoms with Gasteiger partial charge in [0.2, 0.25) is 5.91 Å². The first kappa shape index (κ1) is 13.2. The number of amides is 1. The van der Waals surface area contributed by atoms with Crippen LogP contribution in [0.2, 0.25) is 0 Å². The summed E-state index contributed by atoms with van der Waals surface area (Å²) in [5.41, 5.74) is 1.30. The van der Waals surface area contributed by atoms with Crippen LogP contribution in [0.3, 0.4) is 0 Å². The Morgan fingerprint density at radius 1 is 1.41 bits per heavy atom. The molecule has 3 nitrogen and oxygen atoms in total. The molecule has 0 bridgehead atoms. The highest BCUT2D eigenvalue weighted by atomic mass is 16.2. The molecule has 1 amide bonds. The van der Waals surface area contributed by atoms with E-state index in [2.05, 4.69) is 6.07 Å². The summed E-state index contributed by atoms with van der Waals surface area (Å²) in [7, 11) is 1.74. The first-order chi connectivity index (χ1) is 7.83. The summed E-state index contributed by atoms with van der Waals surface area (Å²) in [5.74, 6) is 0.0626. The molecule has 0 unspecified atom stereocenters. The number of hydrogen-bond acceptors (Lipinski definition) is 2. The number of benzene rings is 1. The lowest BCUT2D eigenvalue weighted by atomic mass is 9.91. The summed E-state index contributed by atoms with van der Waals surface area (Å²) >= 11 is 0. The fourth-order valence-electron chi connectivity index (χ4n) is 1.50. The van der Waals surface area contributed by atoms with Crippen LogP contribution in [0, 0.1) is 16.7 Å². The van der Waals surface area contributed by atoms with Crippen molar-refractivity contribution in [3.63, 3.8) is 0 Å². The quantitative estimate of drug-likeness (QED) is 0.784. The van der Waals surface area contributed by atoms with Gasteiger partial charge in [0.1, 0.15) is 0 Å². The Morgan fingerprint density at radius 3 is 2.59 bits per heavy atom. The molecule has 3 heteroatoms. The Morgan fingerprint density at radius 2 is 2.06 bits per heavy atom. The van der Waals surface area contributed by atoms with Crippen molar-refractivity contribution in [2.24, 2.45) is 5.41 Å². The molecule has 1 rings (SSSR count). The fourth-order valence-corrected chi connectivity index (χ4v) is 1.50. The molecule has 0 fully saturated rings. The minimum absolute atomic E-state index is 0.0296. The van der Waals surface area contributed by atoms with E-state index in [9.17, 15) is 4.79 Å². The van der Waals surface area contributed by atoms with Crippen LogP contribution in [0.1, 0.15) is 32.8 Å². The van der Waals surface area contributed by atoms with Crippen molar-refractivity contribution < 1.29 is 4.79 Å². The maximum Gasteiger partial charge on any atom is 0.227 e. The molecule has 17 heavy (non-hydrogen) atoms. The SMILES string of the molecule is CN(C(=O)CC(C)(C)C)c1cccc(C#N)c1. The third-order valence-corrected chi connectivity index (χ3v) is 2.42. The van der Waals surface area contributed by atoms with E-state index in [1.165, 1.54) is 0 Å². The topological polar surface area (TPSA) is 44.1 Å². The van der Waals surface area contributed by atoms with E-state index in [1.54, 1.807) is 30.1 Å². The number of nitriles is 1. The van der Waals surface area contributed by atoms with E-state index in [0.29, 0.717) is 12.0 Å². The number of nitrogens with zero attached hydrogens (tertiary/aromatic N) is 2. The molecule has 0 spiro atoms. The standard InChI is InChI=1S/C14H18N2O/c1-14(2,3)9-13(17)16(4)12-7-5-6-11(8-12)10-15/h5-8H,9H2,1-4H3. The van der Waals surface area contributed by atoms with E-state index in [0.717, 1.165) is 5.69 Å². The van der Waals surface area contributed by atoms with E-state index >= 15 is 0 Å². The van der Waals surface area contributed by atoms with Crippen LogP contribution in [0.4, 0.5) is 5.69 Å².